The summed E-state index contributed by atoms with van der Waals surface area (Å²) in [7, 11) is 1.32. The van der Waals surface area contributed by atoms with Crippen LogP contribution in [-0.4, -0.2) is 49.7 Å². The Labute approximate surface area is 130 Å². The molecular weight excluding hydrogens is 284 g/mol. The van der Waals surface area contributed by atoms with Crippen molar-refractivity contribution in [1.29, 1.82) is 0 Å². The lowest BCUT2D eigenvalue weighted by atomic mass is 10.2. The maximum atomic E-state index is 11.9. The van der Waals surface area contributed by atoms with Crippen LogP contribution in [0.2, 0.25) is 0 Å². The average molecular weight is 306 g/mol. The molecule has 0 bridgehead atoms. The van der Waals surface area contributed by atoms with E-state index >= 15 is 0 Å². The van der Waals surface area contributed by atoms with E-state index in [1.54, 1.807) is 0 Å². The lowest BCUT2D eigenvalue weighted by Gasteiger charge is -2.22. The summed E-state index contributed by atoms with van der Waals surface area (Å²) in [5.74, 6) is -0.455. The zero-order valence-corrected chi connectivity index (χ0v) is 12.8. The van der Waals surface area contributed by atoms with Crippen LogP contribution in [0.15, 0.2) is 30.3 Å². The Kier molecular flexibility index (Phi) is 6.21. The molecule has 120 valence electrons. The first-order valence-electron chi connectivity index (χ1n) is 7.46. The highest BCUT2D eigenvalue weighted by Gasteiger charge is 2.26. The van der Waals surface area contributed by atoms with E-state index in [1.807, 2.05) is 30.3 Å². The van der Waals surface area contributed by atoms with Gasteiger partial charge in [0, 0.05) is 6.54 Å². The van der Waals surface area contributed by atoms with Crippen LogP contribution in [0, 0.1) is 0 Å². The standard InChI is InChI=1S/C16H22N2O4/c1-21-15(19)14(11-18-9-5-6-10-18)17-16(20)22-12-13-7-3-2-4-8-13/h2-4,7-8,14H,5-6,9-12H2,1H3,(H,17,20). The van der Waals surface area contributed by atoms with Gasteiger partial charge in [0.15, 0.2) is 0 Å². The Hall–Kier alpha value is -2.08. The van der Waals surface area contributed by atoms with Gasteiger partial charge in [-0.1, -0.05) is 30.3 Å². The van der Waals surface area contributed by atoms with Crippen molar-refractivity contribution in [2.45, 2.75) is 25.5 Å². The number of ether oxygens (including phenoxy) is 2. The van der Waals surface area contributed by atoms with Gasteiger partial charge in [-0.3, -0.25) is 0 Å². The first kappa shape index (κ1) is 16.3. The van der Waals surface area contributed by atoms with Crippen molar-refractivity contribution in [1.82, 2.24) is 10.2 Å². The predicted octanol–water partition coefficient (Wildman–Crippen LogP) is 1.55. The number of carbonyl (C=O) groups is 2. The van der Waals surface area contributed by atoms with E-state index in [4.69, 9.17) is 9.47 Å². The van der Waals surface area contributed by atoms with E-state index < -0.39 is 18.1 Å². The third-order valence-electron chi connectivity index (χ3n) is 3.63. The van der Waals surface area contributed by atoms with Crippen molar-refractivity contribution in [3.63, 3.8) is 0 Å². The van der Waals surface area contributed by atoms with Crippen LogP contribution < -0.4 is 5.32 Å². The van der Waals surface area contributed by atoms with E-state index in [1.165, 1.54) is 7.11 Å². The second kappa shape index (κ2) is 8.38. The molecule has 1 fully saturated rings. The van der Waals surface area contributed by atoms with Crippen LogP contribution >= 0.6 is 0 Å². The summed E-state index contributed by atoms with van der Waals surface area (Å²) in [6.45, 7) is 2.50. The van der Waals surface area contributed by atoms with Gasteiger partial charge >= 0.3 is 12.1 Å². The van der Waals surface area contributed by atoms with Crippen molar-refractivity contribution >= 4 is 12.1 Å². The number of alkyl carbamates (subject to hydrolysis) is 1. The molecule has 1 atom stereocenters. The molecule has 1 aromatic rings. The van der Waals surface area contributed by atoms with Gasteiger partial charge in [-0.05, 0) is 31.5 Å². The minimum absolute atomic E-state index is 0.171. The molecule has 0 radical (unpaired) electrons. The molecule has 22 heavy (non-hydrogen) atoms. The molecule has 1 saturated heterocycles. The summed E-state index contributed by atoms with van der Waals surface area (Å²) in [6, 6.07) is 8.69. The molecule has 1 N–H and O–H groups in total. The highest BCUT2D eigenvalue weighted by Crippen LogP contribution is 2.08. The number of esters is 1. The monoisotopic (exact) mass is 306 g/mol. The molecule has 6 nitrogen and oxygen atoms in total. The Morgan fingerprint density at radius 1 is 1.23 bits per heavy atom. The summed E-state index contributed by atoms with van der Waals surface area (Å²) in [4.78, 5) is 25.8. The van der Waals surface area contributed by atoms with Crippen molar-refractivity contribution < 1.29 is 19.1 Å². The van der Waals surface area contributed by atoms with E-state index in [0.717, 1.165) is 31.5 Å². The largest absolute Gasteiger partial charge is 0.467 e. The number of rotatable bonds is 6. The Morgan fingerprint density at radius 3 is 2.55 bits per heavy atom. The van der Waals surface area contributed by atoms with Crippen LogP contribution in [0.5, 0.6) is 0 Å². The first-order valence-corrected chi connectivity index (χ1v) is 7.46. The third kappa shape index (κ3) is 5.04. The maximum Gasteiger partial charge on any atom is 0.408 e. The molecule has 2 rings (SSSR count). The highest BCUT2D eigenvalue weighted by molar-refractivity contribution is 5.81. The van der Waals surface area contributed by atoms with Crippen LogP contribution in [0.4, 0.5) is 4.79 Å². The molecule has 6 heteroatoms. The number of nitrogens with zero attached hydrogens (tertiary/aromatic N) is 1. The number of hydrogen-bond donors (Lipinski definition) is 1. The molecule has 1 aliphatic rings. The number of likely N-dealkylation sites (tertiary alicyclic amines) is 1. The van der Waals surface area contributed by atoms with E-state index in [0.29, 0.717) is 6.54 Å². The smallest absolute Gasteiger partial charge is 0.408 e. The summed E-state index contributed by atoms with van der Waals surface area (Å²) in [6.07, 6.45) is 1.62. The second-order valence-corrected chi connectivity index (χ2v) is 5.29. The van der Waals surface area contributed by atoms with Crippen molar-refractivity contribution in [3.8, 4) is 0 Å². The van der Waals surface area contributed by atoms with E-state index in [2.05, 4.69) is 10.2 Å². The van der Waals surface area contributed by atoms with Gasteiger partial charge in [-0.25, -0.2) is 9.59 Å². The highest BCUT2D eigenvalue weighted by atomic mass is 16.6. The van der Waals surface area contributed by atoms with Gasteiger partial charge in [-0.2, -0.15) is 0 Å². The van der Waals surface area contributed by atoms with Gasteiger partial charge in [0.05, 0.1) is 7.11 Å². The molecule has 1 unspecified atom stereocenters. The fraction of sp³-hybridized carbons (Fsp3) is 0.500. The minimum Gasteiger partial charge on any atom is -0.467 e. The zero-order chi connectivity index (χ0) is 15.8. The van der Waals surface area contributed by atoms with Gasteiger partial charge in [0.1, 0.15) is 12.6 Å². The zero-order valence-electron chi connectivity index (χ0n) is 12.8. The maximum absolute atomic E-state index is 11.9. The minimum atomic E-state index is -0.702. The van der Waals surface area contributed by atoms with E-state index in [9.17, 15) is 9.59 Å². The molecule has 1 aliphatic heterocycles. The molecule has 0 saturated carbocycles. The lowest BCUT2D eigenvalue weighted by molar-refractivity contribution is -0.143. The molecule has 0 aromatic heterocycles. The number of nitrogens with one attached hydrogen (secondary N) is 1. The Morgan fingerprint density at radius 2 is 1.91 bits per heavy atom. The van der Waals surface area contributed by atoms with Crippen LogP contribution in [-0.2, 0) is 20.9 Å². The number of hydrogen-bond acceptors (Lipinski definition) is 5. The quantitative estimate of drug-likeness (QED) is 0.808. The topological polar surface area (TPSA) is 67.9 Å². The van der Waals surface area contributed by atoms with Gasteiger partial charge in [0.2, 0.25) is 0 Å². The van der Waals surface area contributed by atoms with Crippen LogP contribution in [0.3, 0.4) is 0 Å². The summed E-state index contributed by atoms with van der Waals surface area (Å²) < 4.78 is 9.89. The first-order chi connectivity index (χ1) is 10.7. The predicted molar refractivity (Wildman–Crippen MR) is 81.2 cm³/mol. The fourth-order valence-electron chi connectivity index (χ4n) is 2.45. The van der Waals surface area contributed by atoms with Crippen molar-refractivity contribution in [2.24, 2.45) is 0 Å². The number of benzene rings is 1. The van der Waals surface area contributed by atoms with E-state index in [-0.39, 0.29) is 6.61 Å². The summed E-state index contributed by atoms with van der Waals surface area (Å²) in [5, 5.41) is 2.59. The fourth-order valence-corrected chi connectivity index (χ4v) is 2.45. The third-order valence-corrected chi connectivity index (χ3v) is 3.63. The number of carbonyl (C=O) groups excluding carboxylic acids is 2. The molecule has 1 aromatic carbocycles. The summed E-state index contributed by atoms with van der Waals surface area (Å²) >= 11 is 0. The van der Waals surface area contributed by atoms with Crippen LogP contribution in [0.25, 0.3) is 0 Å². The Bertz CT molecular complexity index is 486. The molecule has 0 aliphatic carbocycles. The molecule has 0 spiro atoms. The van der Waals surface area contributed by atoms with Gasteiger partial charge in [-0.15, -0.1) is 0 Å². The summed E-state index contributed by atoms with van der Waals surface area (Å²) in [5.41, 5.74) is 0.895. The van der Waals surface area contributed by atoms with Gasteiger partial charge < -0.3 is 19.7 Å². The normalized spacial score (nSPS) is 16.0. The molecule has 1 amide bonds. The van der Waals surface area contributed by atoms with Crippen molar-refractivity contribution in [3.05, 3.63) is 35.9 Å². The molecule has 1 heterocycles. The lowest BCUT2D eigenvalue weighted by Crippen LogP contribution is -2.48. The average Bonchev–Trinajstić information content (AvgIpc) is 3.05. The SMILES string of the molecule is COC(=O)C(CN1CCCC1)NC(=O)OCc1ccccc1. The van der Waals surface area contributed by atoms with Crippen LogP contribution in [0.1, 0.15) is 18.4 Å². The number of methoxy groups -OCH3 is 1. The number of amides is 1. The van der Waals surface area contributed by atoms with Crippen molar-refractivity contribution in [2.75, 3.05) is 26.7 Å². The second-order valence-electron chi connectivity index (χ2n) is 5.29. The van der Waals surface area contributed by atoms with Gasteiger partial charge in [0.25, 0.3) is 0 Å². The Balaban J connectivity index is 1.83. The molecular formula is C16H22N2O4.